The predicted octanol–water partition coefficient (Wildman–Crippen LogP) is 4.60. The predicted molar refractivity (Wildman–Crippen MR) is 61.4 cm³/mol. The maximum atomic E-state index is 3.60. The smallest absolute Gasteiger partial charge is 0.0330 e. The quantitative estimate of drug-likeness (QED) is 0.540. The van der Waals surface area contributed by atoms with Gasteiger partial charge in [-0.05, 0) is 18.8 Å². The number of hydrogen-bond acceptors (Lipinski definition) is 0. The molecule has 0 aliphatic rings. The first kappa shape index (κ1) is 17.3. The van der Waals surface area contributed by atoms with Crippen LogP contribution in [0.25, 0.3) is 0 Å². The third-order valence-corrected chi connectivity index (χ3v) is 0.927. The molecule has 0 aliphatic heterocycles. The second-order valence-electron chi connectivity index (χ2n) is 2.62. The summed E-state index contributed by atoms with van der Waals surface area (Å²) in [5, 5.41) is 0. The van der Waals surface area contributed by atoms with Crippen molar-refractivity contribution in [1.82, 2.24) is 0 Å². The van der Waals surface area contributed by atoms with E-state index in [0.717, 1.165) is 18.8 Å². The third kappa shape index (κ3) is 60.1. The molecule has 0 rings (SSSR count). The van der Waals surface area contributed by atoms with E-state index in [1.807, 2.05) is 12.2 Å². The minimum absolute atomic E-state index is 0.780. The second kappa shape index (κ2) is 22.5. The Labute approximate surface area is 78.7 Å². The van der Waals surface area contributed by atoms with Gasteiger partial charge < -0.3 is 0 Å². The van der Waals surface area contributed by atoms with Crippen LogP contribution in [0.2, 0.25) is 0 Å². The van der Waals surface area contributed by atoms with Crippen LogP contribution in [0.4, 0.5) is 0 Å². The van der Waals surface area contributed by atoms with Crippen LogP contribution in [0.5, 0.6) is 0 Å². The van der Waals surface area contributed by atoms with Crippen LogP contribution in [0.15, 0.2) is 38.5 Å². The van der Waals surface area contributed by atoms with E-state index in [4.69, 9.17) is 0 Å². The average molecular weight is 168 g/mol. The molecule has 0 saturated carbocycles. The summed E-state index contributed by atoms with van der Waals surface area (Å²) in [5.74, 6) is 0.780. The van der Waals surface area contributed by atoms with Crippen molar-refractivity contribution >= 4 is 0 Å². The van der Waals surface area contributed by atoms with E-state index >= 15 is 0 Å². The molecule has 0 amide bonds. The van der Waals surface area contributed by atoms with E-state index < -0.39 is 0 Å². The summed E-state index contributed by atoms with van der Waals surface area (Å²) in [4.78, 5) is 0. The van der Waals surface area contributed by atoms with Gasteiger partial charge in [-0.2, -0.15) is 0 Å². The van der Waals surface area contributed by atoms with Gasteiger partial charge in [-0.1, -0.05) is 32.9 Å². The Morgan fingerprint density at radius 2 is 1.42 bits per heavy atom. The van der Waals surface area contributed by atoms with Crippen molar-refractivity contribution < 1.29 is 0 Å². The molecule has 0 aromatic heterocycles. The first-order valence-electron chi connectivity index (χ1n) is 4.40. The fraction of sp³-hybridized carbons (Fsp3) is 0.500. The van der Waals surface area contributed by atoms with Gasteiger partial charge in [0.05, 0.1) is 0 Å². The number of rotatable bonds is 3. The zero-order valence-corrected chi connectivity index (χ0v) is 8.97. The van der Waals surface area contributed by atoms with Crippen LogP contribution >= 0.6 is 0 Å². The summed E-state index contributed by atoms with van der Waals surface area (Å²) in [6, 6.07) is 0. The van der Waals surface area contributed by atoms with E-state index in [9.17, 15) is 0 Å². The Morgan fingerprint density at radius 1 is 1.08 bits per heavy atom. The van der Waals surface area contributed by atoms with Crippen molar-refractivity contribution in [2.45, 2.75) is 33.6 Å². The average Bonchev–Trinajstić information content (AvgIpc) is 2.08. The molecule has 0 atom stereocenters. The molecule has 0 fully saturated rings. The van der Waals surface area contributed by atoms with Crippen LogP contribution in [0, 0.1) is 5.92 Å². The monoisotopic (exact) mass is 168 g/mol. The summed E-state index contributed by atoms with van der Waals surface area (Å²) in [6.45, 7) is 19.5. The fourth-order valence-electron chi connectivity index (χ4n) is 0.333. The zero-order valence-electron chi connectivity index (χ0n) is 8.97. The van der Waals surface area contributed by atoms with E-state index in [-0.39, 0.29) is 0 Å². The topological polar surface area (TPSA) is 0 Å². The van der Waals surface area contributed by atoms with Gasteiger partial charge in [0, 0.05) is 0 Å². The molecule has 0 N–H and O–H groups in total. The molecule has 0 aliphatic carbocycles. The van der Waals surface area contributed by atoms with Crippen molar-refractivity contribution in [3.63, 3.8) is 0 Å². The molecule has 0 radical (unpaired) electrons. The number of hydrogen-bond donors (Lipinski definition) is 0. The largest absolute Gasteiger partial charge is 0.106 e. The summed E-state index contributed by atoms with van der Waals surface area (Å²) in [6.07, 6.45) is 6.05. The SMILES string of the molecule is C=C.C=CCC.C=CCC(C)C. The molecule has 0 aromatic carbocycles. The van der Waals surface area contributed by atoms with Crippen molar-refractivity contribution in [1.29, 1.82) is 0 Å². The molecule has 12 heavy (non-hydrogen) atoms. The summed E-state index contributed by atoms with van der Waals surface area (Å²) in [7, 11) is 0. The molecule has 0 saturated heterocycles. The van der Waals surface area contributed by atoms with Crippen molar-refractivity contribution in [3.8, 4) is 0 Å². The second-order valence-corrected chi connectivity index (χ2v) is 2.62. The fourth-order valence-corrected chi connectivity index (χ4v) is 0.333. The lowest BCUT2D eigenvalue weighted by Gasteiger charge is -1.92. The lowest BCUT2D eigenvalue weighted by atomic mass is 10.1. The van der Waals surface area contributed by atoms with Gasteiger partial charge in [-0.3, -0.25) is 0 Å². The summed E-state index contributed by atoms with van der Waals surface area (Å²) >= 11 is 0. The molecule has 0 aromatic rings. The van der Waals surface area contributed by atoms with Crippen LogP contribution in [0.1, 0.15) is 33.6 Å². The van der Waals surface area contributed by atoms with Crippen molar-refractivity contribution in [2.75, 3.05) is 0 Å². The van der Waals surface area contributed by atoms with Gasteiger partial charge in [0.2, 0.25) is 0 Å². The lowest BCUT2D eigenvalue weighted by molar-refractivity contribution is 0.664. The molecule has 0 heterocycles. The zero-order chi connectivity index (χ0) is 10.4. The van der Waals surface area contributed by atoms with Gasteiger partial charge in [0.1, 0.15) is 0 Å². The molecule has 0 bridgehead atoms. The Bertz CT molecular complexity index is 80.0. The Kier molecular flexibility index (Phi) is 32.5. The van der Waals surface area contributed by atoms with Crippen LogP contribution in [-0.2, 0) is 0 Å². The van der Waals surface area contributed by atoms with Gasteiger partial charge in [0.15, 0.2) is 0 Å². The van der Waals surface area contributed by atoms with E-state index in [1.54, 1.807) is 0 Å². The van der Waals surface area contributed by atoms with Crippen LogP contribution < -0.4 is 0 Å². The lowest BCUT2D eigenvalue weighted by Crippen LogP contribution is -1.78. The van der Waals surface area contributed by atoms with Gasteiger partial charge >= 0.3 is 0 Å². The standard InChI is InChI=1S/C6H12.C4H8.C2H4/c1-4-5-6(2)3;1-3-4-2;1-2/h4,6H,1,5H2,2-3H3;3H,1,4H2,2H3;1-2H2. The highest BCUT2D eigenvalue weighted by Crippen LogP contribution is 1.96. The maximum Gasteiger partial charge on any atom is -0.0330 e. The Hall–Kier alpha value is -0.780. The molecule has 0 spiro atoms. The molecule has 0 nitrogen and oxygen atoms in total. The summed E-state index contributed by atoms with van der Waals surface area (Å²) < 4.78 is 0. The first-order chi connectivity index (χ1) is 5.68. The van der Waals surface area contributed by atoms with Gasteiger partial charge in [0.25, 0.3) is 0 Å². The molecular formula is C12H24. The molecule has 0 unspecified atom stereocenters. The Morgan fingerprint density at radius 3 is 1.42 bits per heavy atom. The van der Waals surface area contributed by atoms with Crippen molar-refractivity contribution in [3.05, 3.63) is 38.5 Å². The highest BCUT2D eigenvalue weighted by molar-refractivity contribution is 4.67. The van der Waals surface area contributed by atoms with Crippen molar-refractivity contribution in [2.24, 2.45) is 5.92 Å². The highest BCUT2D eigenvalue weighted by Gasteiger charge is 1.82. The van der Waals surface area contributed by atoms with Crippen LogP contribution in [0.3, 0.4) is 0 Å². The summed E-state index contributed by atoms with van der Waals surface area (Å²) in [5.41, 5.74) is 0. The van der Waals surface area contributed by atoms with Gasteiger partial charge in [-0.25, -0.2) is 0 Å². The maximum absolute atomic E-state index is 3.60. The van der Waals surface area contributed by atoms with E-state index in [1.165, 1.54) is 0 Å². The van der Waals surface area contributed by atoms with E-state index in [0.29, 0.717) is 0 Å². The minimum Gasteiger partial charge on any atom is -0.106 e. The normalized spacial score (nSPS) is 7.00. The first-order valence-corrected chi connectivity index (χ1v) is 4.40. The minimum atomic E-state index is 0.780. The molecule has 72 valence electrons. The van der Waals surface area contributed by atoms with Gasteiger partial charge in [-0.15, -0.1) is 26.3 Å². The highest BCUT2D eigenvalue weighted by atomic mass is 13.9. The molecule has 0 heteroatoms. The number of allylic oxidation sites excluding steroid dienone is 2. The van der Waals surface area contributed by atoms with Crippen LogP contribution in [-0.4, -0.2) is 0 Å². The van der Waals surface area contributed by atoms with E-state index in [2.05, 4.69) is 47.1 Å². The Balaban J connectivity index is -0.000000118. The third-order valence-electron chi connectivity index (χ3n) is 0.927. The molecular weight excluding hydrogens is 144 g/mol.